The first-order chi connectivity index (χ1) is 20.8. The molecule has 1 atom stereocenters. The van der Waals surface area contributed by atoms with Crippen LogP contribution in [0.3, 0.4) is 0 Å². The molecule has 5 rings (SSSR count). The fraction of sp³-hybridized carbons (Fsp3) is 0.357. The second-order valence-corrected chi connectivity index (χ2v) is 12.5. The zero-order chi connectivity index (χ0) is 31.8. The van der Waals surface area contributed by atoms with Gasteiger partial charge >= 0.3 is 6.18 Å². The van der Waals surface area contributed by atoms with Crippen molar-refractivity contribution in [2.75, 3.05) is 50.1 Å². The van der Waals surface area contributed by atoms with Crippen molar-refractivity contribution < 1.29 is 30.8 Å². The number of anilines is 3. The van der Waals surface area contributed by atoms with Gasteiger partial charge in [0, 0.05) is 62.0 Å². The van der Waals surface area contributed by atoms with Crippen LogP contribution in [0.2, 0.25) is 0 Å². The van der Waals surface area contributed by atoms with E-state index in [0.717, 1.165) is 38.5 Å². The average molecular weight is 635 g/mol. The number of fused-ring (bicyclic) bond motifs is 1. The van der Waals surface area contributed by atoms with Crippen LogP contribution in [-0.2, 0) is 20.8 Å². The quantitative estimate of drug-likeness (QED) is 0.243. The van der Waals surface area contributed by atoms with Gasteiger partial charge in [-0.3, -0.25) is 9.69 Å². The van der Waals surface area contributed by atoms with Gasteiger partial charge in [0.2, 0.25) is 11.9 Å². The smallest absolute Gasteiger partial charge is 0.357 e. The topological polar surface area (TPSA) is 136 Å². The van der Waals surface area contributed by atoms with Crippen molar-refractivity contribution in [1.29, 1.82) is 0 Å². The Morgan fingerprint density at radius 3 is 2.52 bits per heavy atom. The average Bonchev–Trinajstić information content (AvgIpc) is 3.39. The number of benzene rings is 1. The highest BCUT2D eigenvalue weighted by atomic mass is 32.2. The Labute approximate surface area is 250 Å². The summed E-state index contributed by atoms with van der Waals surface area (Å²) >= 11 is 0. The second kappa shape index (κ2) is 12.1. The van der Waals surface area contributed by atoms with Crippen molar-refractivity contribution in [3.8, 4) is 11.3 Å². The maximum Gasteiger partial charge on any atom is 0.419 e. The van der Waals surface area contributed by atoms with Gasteiger partial charge in [-0.2, -0.15) is 13.2 Å². The normalized spacial score (nSPS) is 15.8. The van der Waals surface area contributed by atoms with Gasteiger partial charge in [0.15, 0.2) is 21.5 Å². The molecule has 4 heterocycles. The monoisotopic (exact) mass is 634 g/mol. The molecule has 3 aromatic heterocycles. The number of rotatable bonds is 8. The molecular formula is C28H30F4N8O3S. The summed E-state index contributed by atoms with van der Waals surface area (Å²) in [5.41, 5.74) is -1.69. The number of piperazine rings is 1. The highest BCUT2D eigenvalue weighted by Crippen LogP contribution is 2.40. The number of sulfone groups is 1. The van der Waals surface area contributed by atoms with Gasteiger partial charge in [-0.15, -0.1) is 0 Å². The van der Waals surface area contributed by atoms with Crippen LogP contribution < -0.4 is 10.6 Å². The zero-order valence-corrected chi connectivity index (χ0v) is 24.9. The number of nitrogens with zero attached hydrogens (tertiary/aromatic N) is 5. The van der Waals surface area contributed by atoms with E-state index in [2.05, 4.69) is 40.4 Å². The first-order valence-electron chi connectivity index (χ1n) is 13.7. The molecule has 44 heavy (non-hydrogen) atoms. The number of pyridine rings is 1. The van der Waals surface area contributed by atoms with E-state index in [1.807, 2.05) is 14.0 Å². The van der Waals surface area contributed by atoms with Crippen molar-refractivity contribution in [2.45, 2.75) is 30.5 Å². The van der Waals surface area contributed by atoms with Crippen LogP contribution in [0.25, 0.3) is 22.2 Å². The molecular weight excluding hydrogens is 604 g/mol. The highest BCUT2D eigenvalue weighted by Gasteiger charge is 2.36. The van der Waals surface area contributed by atoms with Gasteiger partial charge in [0.05, 0.1) is 22.9 Å². The van der Waals surface area contributed by atoms with E-state index in [4.69, 9.17) is 0 Å². The largest absolute Gasteiger partial charge is 0.419 e. The molecule has 1 unspecified atom stereocenters. The molecule has 1 aliphatic heterocycles. The molecule has 234 valence electrons. The minimum atomic E-state index is -4.85. The summed E-state index contributed by atoms with van der Waals surface area (Å²) in [5, 5.41) is 5.61. The third-order valence-electron chi connectivity index (χ3n) is 7.47. The Morgan fingerprint density at radius 1 is 1.14 bits per heavy atom. The van der Waals surface area contributed by atoms with Crippen LogP contribution in [0.1, 0.15) is 18.9 Å². The SMILES string of the molecule is CCC(C(=O)Nc1nccc2c(-c3nc(Nc4cccc(S(C)(=O)=O)c4F)ncc3C(F)(F)F)c[nH]c12)N1CCN(C)CC1. The lowest BCUT2D eigenvalue weighted by Crippen LogP contribution is -2.52. The number of carbonyl (C=O) groups is 1. The summed E-state index contributed by atoms with van der Waals surface area (Å²) < 4.78 is 81.1. The molecule has 1 saturated heterocycles. The summed E-state index contributed by atoms with van der Waals surface area (Å²) in [6.45, 7) is 5.00. The predicted octanol–water partition coefficient (Wildman–Crippen LogP) is 4.29. The van der Waals surface area contributed by atoms with Crippen LogP contribution in [-0.4, -0.2) is 89.6 Å². The summed E-state index contributed by atoms with van der Waals surface area (Å²) in [6.07, 6.45) is -0.217. The van der Waals surface area contributed by atoms with Gasteiger partial charge in [0.25, 0.3) is 0 Å². The zero-order valence-electron chi connectivity index (χ0n) is 24.0. The van der Waals surface area contributed by atoms with Gasteiger partial charge in [-0.25, -0.2) is 27.8 Å². The first kappa shape index (κ1) is 31.3. The minimum Gasteiger partial charge on any atom is -0.357 e. The maximum atomic E-state index is 14.9. The number of nitrogens with one attached hydrogen (secondary N) is 3. The number of hydrogen-bond acceptors (Lipinski definition) is 9. The summed E-state index contributed by atoms with van der Waals surface area (Å²) in [4.78, 5) is 31.9. The lowest BCUT2D eigenvalue weighted by Gasteiger charge is -2.36. The molecule has 0 saturated carbocycles. The number of aromatic nitrogens is 4. The standard InChI is InChI=1S/C28H30F4N8O3S/c1-4-20(40-12-10-39(2)11-13-40)26(41)38-25-24-16(8-9-33-25)17(14-34-24)23-18(28(30,31)32)15-35-27(37-23)36-19-6-5-7-21(22(19)29)44(3,42)43/h5-9,14-15,20,34H,4,10-13H2,1-3H3,(H,33,38,41)(H,35,36,37). The molecule has 4 aromatic rings. The van der Waals surface area contributed by atoms with Crippen molar-refractivity contribution >= 4 is 44.1 Å². The molecule has 16 heteroatoms. The van der Waals surface area contributed by atoms with Crippen molar-refractivity contribution in [1.82, 2.24) is 29.7 Å². The van der Waals surface area contributed by atoms with Crippen molar-refractivity contribution in [2.24, 2.45) is 0 Å². The molecule has 1 aliphatic rings. The van der Waals surface area contributed by atoms with Gasteiger partial charge in [-0.1, -0.05) is 13.0 Å². The molecule has 1 amide bonds. The molecule has 0 bridgehead atoms. The van der Waals surface area contributed by atoms with E-state index in [-0.39, 0.29) is 28.5 Å². The van der Waals surface area contributed by atoms with Crippen LogP contribution in [0.5, 0.6) is 0 Å². The number of hydrogen-bond donors (Lipinski definition) is 3. The highest BCUT2D eigenvalue weighted by molar-refractivity contribution is 7.90. The van der Waals surface area contributed by atoms with E-state index < -0.39 is 50.0 Å². The van der Waals surface area contributed by atoms with E-state index >= 15 is 0 Å². The summed E-state index contributed by atoms with van der Waals surface area (Å²) in [6, 6.07) is 4.63. The fourth-order valence-corrected chi connectivity index (χ4v) is 5.92. The van der Waals surface area contributed by atoms with E-state index in [0.29, 0.717) is 18.0 Å². The Kier molecular flexibility index (Phi) is 8.59. The maximum absolute atomic E-state index is 14.9. The van der Waals surface area contributed by atoms with Crippen molar-refractivity contribution in [3.05, 3.63) is 54.2 Å². The summed E-state index contributed by atoms with van der Waals surface area (Å²) in [7, 11) is -1.90. The number of halogens is 4. The van der Waals surface area contributed by atoms with Crippen molar-refractivity contribution in [3.63, 3.8) is 0 Å². The van der Waals surface area contributed by atoms with Gasteiger partial charge in [0.1, 0.15) is 10.5 Å². The van der Waals surface area contributed by atoms with E-state index in [1.54, 1.807) is 0 Å². The van der Waals surface area contributed by atoms with Crippen LogP contribution >= 0.6 is 0 Å². The number of likely N-dealkylation sites (N-methyl/N-ethyl adjacent to an activating group) is 1. The fourth-order valence-electron chi connectivity index (χ4n) is 5.16. The van der Waals surface area contributed by atoms with E-state index in [9.17, 15) is 30.8 Å². The molecule has 11 nitrogen and oxygen atoms in total. The van der Waals surface area contributed by atoms with E-state index in [1.165, 1.54) is 30.6 Å². The molecule has 1 fully saturated rings. The Bertz CT molecular complexity index is 1800. The Balaban J connectivity index is 1.50. The summed E-state index contributed by atoms with van der Waals surface area (Å²) in [5.74, 6) is -1.66. The van der Waals surface area contributed by atoms with Gasteiger partial charge < -0.3 is 20.5 Å². The number of alkyl halides is 3. The number of carbonyl (C=O) groups excluding carboxylic acids is 1. The number of aromatic amines is 1. The van der Waals surface area contributed by atoms with Crippen LogP contribution in [0.15, 0.2) is 47.8 Å². The van der Waals surface area contributed by atoms with Crippen LogP contribution in [0.4, 0.5) is 35.0 Å². The minimum absolute atomic E-state index is 0.0344. The lowest BCUT2D eigenvalue weighted by molar-refractivity contribution is -0.137. The second-order valence-electron chi connectivity index (χ2n) is 10.5. The Morgan fingerprint density at radius 2 is 1.86 bits per heavy atom. The molecule has 3 N–H and O–H groups in total. The molecule has 0 spiro atoms. The lowest BCUT2D eigenvalue weighted by atomic mass is 10.1. The number of amides is 1. The third-order valence-corrected chi connectivity index (χ3v) is 8.58. The number of H-pyrrole nitrogens is 1. The molecule has 0 radical (unpaired) electrons. The molecule has 0 aliphatic carbocycles. The van der Waals surface area contributed by atoms with Crippen LogP contribution in [0, 0.1) is 5.82 Å². The Hall–Kier alpha value is -4.15. The van der Waals surface area contributed by atoms with Gasteiger partial charge in [-0.05, 0) is 31.7 Å². The first-order valence-corrected chi connectivity index (χ1v) is 15.6. The predicted molar refractivity (Wildman–Crippen MR) is 157 cm³/mol. The molecule has 1 aromatic carbocycles. The third kappa shape index (κ3) is 6.37.